The molecule has 7 heteroatoms. The van der Waals surface area contributed by atoms with Gasteiger partial charge in [0.1, 0.15) is 17.0 Å². The van der Waals surface area contributed by atoms with Crippen LogP contribution in [0.5, 0.6) is 0 Å². The van der Waals surface area contributed by atoms with E-state index in [1.54, 1.807) is 10.6 Å². The molecule has 5 unspecified atom stereocenters. The average Bonchev–Trinajstić information content (AvgIpc) is 3.58. The highest BCUT2D eigenvalue weighted by molar-refractivity contribution is 5.96. The first kappa shape index (κ1) is 19.0. The van der Waals surface area contributed by atoms with Crippen LogP contribution in [0.2, 0.25) is 0 Å². The fourth-order valence-electron chi connectivity index (χ4n) is 8.67. The maximum absolute atomic E-state index is 13.3. The molecule has 33 heavy (non-hydrogen) atoms. The van der Waals surface area contributed by atoms with Crippen molar-refractivity contribution in [2.75, 3.05) is 19.6 Å². The van der Waals surface area contributed by atoms with Gasteiger partial charge >= 0.3 is 0 Å². The van der Waals surface area contributed by atoms with Gasteiger partial charge in [-0.25, -0.2) is 4.98 Å². The number of amides is 2. The van der Waals surface area contributed by atoms with Crippen LogP contribution in [0.4, 0.5) is 0 Å². The Hall–Kier alpha value is -2.41. The van der Waals surface area contributed by atoms with Crippen molar-refractivity contribution >= 4 is 17.5 Å². The third kappa shape index (κ3) is 2.63. The lowest BCUT2D eigenvalue weighted by molar-refractivity contribution is 0.0652. The van der Waals surface area contributed by atoms with Crippen LogP contribution in [-0.2, 0) is 0 Å². The van der Waals surface area contributed by atoms with Gasteiger partial charge in [0, 0.05) is 37.9 Å². The van der Waals surface area contributed by atoms with Crippen molar-refractivity contribution in [2.24, 2.45) is 28.6 Å². The van der Waals surface area contributed by atoms with Crippen molar-refractivity contribution in [3.63, 3.8) is 0 Å². The molecule has 2 N–H and O–H groups in total. The molecule has 8 rings (SSSR count). The molecular formula is C26H31N5O2. The average molecular weight is 446 g/mol. The first-order valence-corrected chi connectivity index (χ1v) is 12.8. The molecule has 2 aromatic heterocycles. The minimum absolute atomic E-state index is 0.0206. The van der Waals surface area contributed by atoms with Gasteiger partial charge < -0.3 is 15.5 Å². The quantitative estimate of drug-likeness (QED) is 0.758. The number of hydrogen-bond acceptors (Lipinski definition) is 4. The van der Waals surface area contributed by atoms with E-state index >= 15 is 0 Å². The maximum Gasteiger partial charge on any atom is 0.274 e. The van der Waals surface area contributed by atoms with Crippen molar-refractivity contribution in [1.29, 1.82) is 0 Å². The third-order valence-corrected chi connectivity index (χ3v) is 10.2. The summed E-state index contributed by atoms with van der Waals surface area (Å²) in [6, 6.07) is 6.38. The van der Waals surface area contributed by atoms with E-state index in [4.69, 9.17) is 0 Å². The number of nitrogens with one attached hydrogen (secondary N) is 2. The van der Waals surface area contributed by atoms with Crippen molar-refractivity contribution < 1.29 is 9.59 Å². The molecule has 0 aromatic carbocycles. The van der Waals surface area contributed by atoms with Crippen molar-refractivity contribution in [1.82, 2.24) is 24.9 Å². The molecule has 1 spiro atoms. The molecule has 6 aliphatic rings. The molecule has 4 saturated carbocycles. The molecule has 4 heterocycles. The lowest BCUT2D eigenvalue weighted by Crippen LogP contribution is -2.44. The van der Waals surface area contributed by atoms with Gasteiger partial charge in [-0.3, -0.25) is 14.0 Å². The Labute approximate surface area is 193 Å². The Bertz CT molecular complexity index is 1200. The van der Waals surface area contributed by atoms with Crippen LogP contribution in [0, 0.1) is 28.6 Å². The van der Waals surface area contributed by atoms with E-state index in [1.807, 2.05) is 23.1 Å². The summed E-state index contributed by atoms with van der Waals surface area (Å²) in [6.07, 6.45) is 10.6. The lowest BCUT2D eigenvalue weighted by atomic mass is 9.71. The number of likely N-dealkylation sites (tertiary alicyclic amines) is 1. The number of carbonyl (C=O) groups is 2. The van der Waals surface area contributed by atoms with Gasteiger partial charge in [0.2, 0.25) is 0 Å². The van der Waals surface area contributed by atoms with Gasteiger partial charge in [-0.2, -0.15) is 0 Å². The van der Waals surface area contributed by atoms with Crippen molar-refractivity contribution in [2.45, 2.75) is 57.0 Å². The fraction of sp³-hybridized carbons (Fsp3) is 0.654. The van der Waals surface area contributed by atoms with Crippen LogP contribution in [0.25, 0.3) is 5.65 Å². The number of imidazole rings is 1. The number of piperidine rings is 1. The van der Waals surface area contributed by atoms with E-state index in [-0.39, 0.29) is 17.9 Å². The Morgan fingerprint density at radius 1 is 1.21 bits per heavy atom. The first-order valence-electron chi connectivity index (χ1n) is 12.8. The van der Waals surface area contributed by atoms with Gasteiger partial charge in [-0.1, -0.05) is 6.07 Å². The van der Waals surface area contributed by atoms with Gasteiger partial charge in [-0.15, -0.1) is 0 Å². The zero-order valence-electron chi connectivity index (χ0n) is 18.9. The minimum atomic E-state index is -0.0558. The lowest BCUT2D eigenvalue weighted by Gasteiger charge is -2.36. The van der Waals surface area contributed by atoms with Crippen LogP contribution >= 0.6 is 0 Å². The molecule has 0 radical (unpaired) electrons. The number of aromatic nitrogens is 2. The zero-order chi connectivity index (χ0) is 21.9. The summed E-state index contributed by atoms with van der Waals surface area (Å²) in [4.78, 5) is 33.1. The first-order chi connectivity index (χ1) is 16.0. The molecule has 2 aliphatic heterocycles. The van der Waals surface area contributed by atoms with Gasteiger partial charge in [0.25, 0.3) is 11.8 Å². The summed E-state index contributed by atoms with van der Waals surface area (Å²) < 4.78 is 1.80. The van der Waals surface area contributed by atoms with Gasteiger partial charge in [0.05, 0.1) is 0 Å². The SMILES string of the molecule is O=C(NCC12CC3CC3C3(CC3C1)C2)c1cccc2nc(C(=O)N3CC[C@H]4C[C@@H]3CN4)cn12. The summed E-state index contributed by atoms with van der Waals surface area (Å²) in [6.45, 7) is 2.42. The molecule has 6 fully saturated rings. The second-order valence-electron chi connectivity index (χ2n) is 12.1. The summed E-state index contributed by atoms with van der Waals surface area (Å²) in [5, 5.41) is 6.78. The standard InChI is InChI=1S/C26H31N5O2/c32-23(28-14-25-8-15-6-19(15)26(13-25)10-16(26)9-25)21-2-1-3-22-29-20(12-31(21)22)24(33)30-5-4-17-7-18(30)11-27-17/h1-3,12,15-19,27H,4-11,13-14H2,(H,28,32)/t15?,16?,17-,18+,19?,25?,26?/m0/s1. The molecular weight excluding hydrogens is 414 g/mol. The largest absolute Gasteiger partial charge is 0.350 e. The number of carbonyl (C=O) groups excluding carboxylic acids is 2. The number of rotatable bonds is 4. The molecule has 4 bridgehead atoms. The Balaban J connectivity index is 1.03. The maximum atomic E-state index is 13.3. The molecule has 4 aliphatic carbocycles. The van der Waals surface area contributed by atoms with Crippen LogP contribution in [0.1, 0.15) is 65.9 Å². The van der Waals surface area contributed by atoms with E-state index in [1.165, 1.54) is 32.1 Å². The summed E-state index contributed by atoms with van der Waals surface area (Å²) in [7, 11) is 0. The smallest absolute Gasteiger partial charge is 0.274 e. The molecule has 7 nitrogen and oxygen atoms in total. The predicted molar refractivity (Wildman–Crippen MR) is 122 cm³/mol. The van der Waals surface area contributed by atoms with E-state index in [0.717, 1.165) is 50.2 Å². The highest BCUT2D eigenvalue weighted by Gasteiger charge is 2.76. The second-order valence-corrected chi connectivity index (χ2v) is 12.1. The van der Waals surface area contributed by atoms with Crippen LogP contribution in [0.15, 0.2) is 24.4 Å². The number of hydrogen-bond donors (Lipinski definition) is 2. The summed E-state index contributed by atoms with van der Waals surface area (Å²) in [5.41, 5.74) is 2.64. The van der Waals surface area contributed by atoms with Crippen molar-refractivity contribution in [3.05, 3.63) is 35.8 Å². The number of nitrogens with zero attached hydrogens (tertiary/aromatic N) is 3. The molecule has 2 aromatic rings. The minimum Gasteiger partial charge on any atom is -0.350 e. The monoisotopic (exact) mass is 445 g/mol. The Kier molecular flexibility index (Phi) is 3.55. The number of pyridine rings is 1. The summed E-state index contributed by atoms with van der Waals surface area (Å²) in [5.74, 6) is 2.79. The molecule has 172 valence electrons. The predicted octanol–water partition coefficient (Wildman–Crippen LogP) is 2.47. The second kappa shape index (κ2) is 6.17. The number of fused-ring (bicyclic) bond motifs is 5. The zero-order valence-corrected chi connectivity index (χ0v) is 18.9. The van der Waals surface area contributed by atoms with E-state index < -0.39 is 0 Å². The summed E-state index contributed by atoms with van der Waals surface area (Å²) >= 11 is 0. The Morgan fingerprint density at radius 2 is 2.15 bits per heavy atom. The normalized spacial score (nSPS) is 41.6. The van der Waals surface area contributed by atoms with E-state index in [0.29, 0.717) is 33.9 Å². The van der Waals surface area contributed by atoms with Gasteiger partial charge in [0.15, 0.2) is 0 Å². The molecule has 7 atom stereocenters. The fourth-order valence-corrected chi connectivity index (χ4v) is 8.67. The van der Waals surface area contributed by atoms with Crippen LogP contribution in [-0.4, -0.2) is 57.8 Å². The Morgan fingerprint density at radius 3 is 3.09 bits per heavy atom. The third-order valence-electron chi connectivity index (χ3n) is 10.2. The van der Waals surface area contributed by atoms with Gasteiger partial charge in [-0.05, 0) is 85.7 Å². The molecule has 2 amide bonds. The van der Waals surface area contributed by atoms with Crippen LogP contribution in [0.3, 0.4) is 0 Å². The highest BCUT2D eigenvalue weighted by atomic mass is 16.2. The molecule has 2 saturated heterocycles. The topological polar surface area (TPSA) is 78.7 Å². The van der Waals surface area contributed by atoms with E-state index in [9.17, 15) is 9.59 Å². The van der Waals surface area contributed by atoms with Crippen LogP contribution < -0.4 is 10.6 Å². The highest BCUT2D eigenvalue weighted by Crippen LogP contribution is 2.83. The van der Waals surface area contributed by atoms with Crippen molar-refractivity contribution in [3.8, 4) is 0 Å². The van der Waals surface area contributed by atoms with E-state index in [2.05, 4.69) is 15.6 Å².